The van der Waals surface area contributed by atoms with Gasteiger partial charge in [-0.25, -0.2) is 0 Å². The molecule has 0 aromatic rings. The normalized spacial score (nSPS) is 34.2. The van der Waals surface area contributed by atoms with Crippen LogP contribution >= 0.6 is 0 Å². The third-order valence-corrected chi connectivity index (χ3v) is 1.74. The zero-order valence-electron chi connectivity index (χ0n) is 6.38. The molecule has 0 unspecified atom stereocenters. The van der Waals surface area contributed by atoms with E-state index in [2.05, 4.69) is 0 Å². The molecule has 0 aliphatic carbocycles. The summed E-state index contributed by atoms with van der Waals surface area (Å²) in [4.78, 5) is 0. The van der Waals surface area contributed by atoms with Crippen LogP contribution in [0.5, 0.6) is 0 Å². The van der Waals surface area contributed by atoms with Gasteiger partial charge in [0.25, 0.3) is 0 Å². The number of ether oxygens (including phenoxy) is 2. The maximum absolute atomic E-state index is 5.76. The average molecular weight is 145 g/mol. The standard InChI is InChI=1S/C7H15NO2/c1-2-10-7-5-9-4-3-6(7)8/h6-7H,2-5,8H2,1H3/t6-,7-/m1/s1. The van der Waals surface area contributed by atoms with E-state index in [-0.39, 0.29) is 12.1 Å². The van der Waals surface area contributed by atoms with Crippen molar-refractivity contribution in [3.05, 3.63) is 0 Å². The SMILES string of the molecule is CCO[C@@H]1COCC[C@H]1N. The number of hydrogen-bond acceptors (Lipinski definition) is 3. The smallest absolute Gasteiger partial charge is 0.0959 e. The first kappa shape index (κ1) is 7.98. The molecule has 1 saturated heterocycles. The van der Waals surface area contributed by atoms with E-state index in [1.807, 2.05) is 6.92 Å². The van der Waals surface area contributed by atoms with Crippen molar-refractivity contribution in [2.75, 3.05) is 19.8 Å². The highest BCUT2D eigenvalue weighted by Crippen LogP contribution is 2.08. The summed E-state index contributed by atoms with van der Waals surface area (Å²) in [5, 5.41) is 0. The molecular formula is C7H15NO2. The number of nitrogens with two attached hydrogens (primary N) is 1. The Kier molecular flexibility index (Phi) is 3.12. The number of rotatable bonds is 2. The molecule has 60 valence electrons. The molecule has 0 saturated carbocycles. The molecule has 2 atom stereocenters. The summed E-state index contributed by atoms with van der Waals surface area (Å²) in [5.41, 5.74) is 5.76. The van der Waals surface area contributed by atoms with Crippen LogP contribution in [0.3, 0.4) is 0 Å². The van der Waals surface area contributed by atoms with Gasteiger partial charge in [0, 0.05) is 19.3 Å². The third kappa shape index (κ3) is 1.94. The summed E-state index contributed by atoms with van der Waals surface area (Å²) < 4.78 is 10.5. The fraction of sp³-hybridized carbons (Fsp3) is 1.00. The van der Waals surface area contributed by atoms with Crippen LogP contribution in [0.4, 0.5) is 0 Å². The van der Waals surface area contributed by atoms with Crippen LogP contribution in [0.15, 0.2) is 0 Å². The molecule has 10 heavy (non-hydrogen) atoms. The van der Waals surface area contributed by atoms with E-state index in [1.165, 1.54) is 0 Å². The second kappa shape index (κ2) is 3.91. The first-order valence-corrected chi connectivity index (χ1v) is 3.79. The Morgan fingerprint density at radius 2 is 2.50 bits per heavy atom. The van der Waals surface area contributed by atoms with Gasteiger partial charge in [-0.05, 0) is 13.3 Å². The van der Waals surface area contributed by atoms with Gasteiger partial charge in [0.05, 0.1) is 12.7 Å². The summed E-state index contributed by atoms with van der Waals surface area (Å²) >= 11 is 0. The molecule has 1 fully saturated rings. The topological polar surface area (TPSA) is 44.5 Å². The maximum Gasteiger partial charge on any atom is 0.0959 e. The Morgan fingerprint density at radius 1 is 1.70 bits per heavy atom. The van der Waals surface area contributed by atoms with Crippen LogP contribution in [0, 0.1) is 0 Å². The Hall–Kier alpha value is -0.120. The van der Waals surface area contributed by atoms with E-state index >= 15 is 0 Å². The summed E-state index contributed by atoms with van der Waals surface area (Å²) in [5.74, 6) is 0. The molecule has 0 aromatic heterocycles. The monoisotopic (exact) mass is 145 g/mol. The van der Waals surface area contributed by atoms with Gasteiger partial charge in [0.1, 0.15) is 0 Å². The highest BCUT2D eigenvalue weighted by Gasteiger charge is 2.21. The highest BCUT2D eigenvalue weighted by atomic mass is 16.5. The van der Waals surface area contributed by atoms with Gasteiger partial charge in [-0.3, -0.25) is 0 Å². The molecule has 1 aliphatic heterocycles. The lowest BCUT2D eigenvalue weighted by atomic mass is 10.1. The van der Waals surface area contributed by atoms with Crippen molar-refractivity contribution in [3.63, 3.8) is 0 Å². The molecule has 0 bridgehead atoms. The first-order chi connectivity index (χ1) is 4.84. The Bertz CT molecular complexity index is 95.6. The van der Waals surface area contributed by atoms with Crippen LogP contribution in [0.1, 0.15) is 13.3 Å². The predicted molar refractivity (Wildman–Crippen MR) is 38.8 cm³/mol. The van der Waals surface area contributed by atoms with Gasteiger partial charge in [-0.15, -0.1) is 0 Å². The Balaban J connectivity index is 2.25. The Labute approximate surface area is 61.5 Å². The third-order valence-electron chi connectivity index (χ3n) is 1.74. The summed E-state index contributed by atoms with van der Waals surface area (Å²) in [6.45, 7) is 4.14. The zero-order chi connectivity index (χ0) is 7.40. The van der Waals surface area contributed by atoms with Crippen molar-refractivity contribution < 1.29 is 9.47 Å². The molecule has 0 radical (unpaired) electrons. The highest BCUT2D eigenvalue weighted by molar-refractivity contribution is 4.76. The van der Waals surface area contributed by atoms with E-state index in [9.17, 15) is 0 Å². The van der Waals surface area contributed by atoms with Crippen LogP contribution in [0.2, 0.25) is 0 Å². The molecule has 1 rings (SSSR count). The van der Waals surface area contributed by atoms with Crippen molar-refractivity contribution in [2.45, 2.75) is 25.5 Å². The van der Waals surface area contributed by atoms with E-state index in [0.717, 1.165) is 19.6 Å². The average Bonchev–Trinajstić information content (AvgIpc) is 1.94. The van der Waals surface area contributed by atoms with Crippen LogP contribution < -0.4 is 5.73 Å². The van der Waals surface area contributed by atoms with Gasteiger partial charge >= 0.3 is 0 Å². The molecule has 2 N–H and O–H groups in total. The van der Waals surface area contributed by atoms with Crippen molar-refractivity contribution in [2.24, 2.45) is 5.73 Å². The number of hydrogen-bond donors (Lipinski definition) is 1. The van der Waals surface area contributed by atoms with Gasteiger partial charge < -0.3 is 15.2 Å². The summed E-state index contributed by atoms with van der Waals surface area (Å²) in [6.07, 6.45) is 1.05. The summed E-state index contributed by atoms with van der Waals surface area (Å²) in [6, 6.07) is 0.175. The lowest BCUT2D eigenvalue weighted by Crippen LogP contribution is -2.44. The van der Waals surface area contributed by atoms with Gasteiger partial charge in [0.15, 0.2) is 0 Å². The second-order valence-electron chi connectivity index (χ2n) is 2.52. The molecule has 0 spiro atoms. The molecule has 1 aliphatic rings. The fourth-order valence-corrected chi connectivity index (χ4v) is 1.11. The maximum atomic E-state index is 5.76. The molecule has 3 nitrogen and oxygen atoms in total. The minimum Gasteiger partial charge on any atom is -0.379 e. The molecule has 3 heteroatoms. The first-order valence-electron chi connectivity index (χ1n) is 3.79. The molecular weight excluding hydrogens is 130 g/mol. The van der Waals surface area contributed by atoms with Gasteiger partial charge in [0.2, 0.25) is 0 Å². The van der Waals surface area contributed by atoms with Crippen molar-refractivity contribution in [1.29, 1.82) is 0 Å². The molecule has 1 heterocycles. The van der Waals surface area contributed by atoms with Crippen molar-refractivity contribution in [3.8, 4) is 0 Å². The largest absolute Gasteiger partial charge is 0.379 e. The lowest BCUT2D eigenvalue weighted by molar-refractivity contribution is -0.0571. The van der Waals surface area contributed by atoms with Gasteiger partial charge in [-0.1, -0.05) is 0 Å². The minimum atomic E-state index is 0.124. The van der Waals surface area contributed by atoms with Crippen molar-refractivity contribution in [1.82, 2.24) is 0 Å². The Morgan fingerprint density at radius 3 is 3.10 bits per heavy atom. The van der Waals surface area contributed by atoms with E-state index < -0.39 is 0 Å². The van der Waals surface area contributed by atoms with Crippen LogP contribution in [-0.2, 0) is 9.47 Å². The van der Waals surface area contributed by atoms with E-state index in [0.29, 0.717) is 6.61 Å². The molecule has 0 aromatic carbocycles. The minimum absolute atomic E-state index is 0.124. The zero-order valence-corrected chi connectivity index (χ0v) is 6.38. The van der Waals surface area contributed by atoms with E-state index in [1.54, 1.807) is 0 Å². The molecule has 0 amide bonds. The van der Waals surface area contributed by atoms with Crippen molar-refractivity contribution >= 4 is 0 Å². The second-order valence-corrected chi connectivity index (χ2v) is 2.52. The fourth-order valence-electron chi connectivity index (χ4n) is 1.11. The quantitative estimate of drug-likeness (QED) is 0.601. The van der Waals surface area contributed by atoms with Gasteiger partial charge in [-0.2, -0.15) is 0 Å². The van der Waals surface area contributed by atoms with E-state index in [4.69, 9.17) is 15.2 Å². The lowest BCUT2D eigenvalue weighted by Gasteiger charge is -2.28. The predicted octanol–water partition coefficient (Wildman–Crippen LogP) is 0.139. The van der Waals surface area contributed by atoms with Crippen LogP contribution in [-0.4, -0.2) is 32.0 Å². The summed E-state index contributed by atoms with van der Waals surface area (Å²) in [7, 11) is 0. The van der Waals surface area contributed by atoms with Crippen LogP contribution in [0.25, 0.3) is 0 Å².